The molecule has 0 saturated carbocycles. The van der Waals surface area contributed by atoms with Crippen molar-refractivity contribution in [3.8, 4) is 11.5 Å². The van der Waals surface area contributed by atoms with E-state index < -0.39 is 25.6 Å². The zero-order valence-corrected chi connectivity index (χ0v) is 13.5. The van der Waals surface area contributed by atoms with Crippen LogP contribution in [-0.4, -0.2) is 19.9 Å². The lowest BCUT2D eigenvalue weighted by Crippen LogP contribution is -2.12. The Hall–Kier alpha value is -2.32. The summed E-state index contributed by atoms with van der Waals surface area (Å²) in [6, 6.07) is 9.08. The first-order valence-electron chi connectivity index (χ1n) is 6.45. The van der Waals surface area contributed by atoms with Crippen molar-refractivity contribution in [2.24, 2.45) is 0 Å². The fraction of sp³-hybridized carbons (Fsp3) is 0.143. The van der Waals surface area contributed by atoms with Gasteiger partial charge in [0.15, 0.2) is 4.90 Å². The monoisotopic (exact) mass is 357 g/mol. The molecule has 0 spiro atoms. The third kappa shape index (κ3) is 4.11. The topological polar surface area (TPSA) is 95.7 Å². The van der Waals surface area contributed by atoms with Crippen molar-refractivity contribution < 1.29 is 22.3 Å². The zero-order valence-electron chi connectivity index (χ0n) is 11.9. The highest BCUT2D eigenvalue weighted by Gasteiger charge is 2.28. The molecule has 0 aromatic heterocycles. The summed E-state index contributed by atoms with van der Waals surface area (Å²) in [5.41, 5.74) is -0.650. The van der Waals surface area contributed by atoms with E-state index in [2.05, 4.69) is 0 Å². The maximum absolute atomic E-state index is 12.2. The van der Waals surface area contributed by atoms with E-state index in [0.717, 1.165) is 12.1 Å². The molecule has 2 aromatic rings. The molecule has 122 valence electrons. The summed E-state index contributed by atoms with van der Waals surface area (Å²) >= 11 is 5.66. The first-order chi connectivity index (χ1) is 10.8. The Balaban J connectivity index is 2.34. The number of hydrogen-bond acceptors (Lipinski definition) is 6. The van der Waals surface area contributed by atoms with Gasteiger partial charge in [0.1, 0.15) is 11.5 Å². The van der Waals surface area contributed by atoms with Gasteiger partial charge in [-0.15, -0.1) is 0 Å². The fourth-order valence-corrected chi connectivity index (χ4v) is 3.02. The summed E-state index contributed by atoms with van der Waals surface area (Å²) in [5.74, 6) is 0.562. The van der Waals surface area contributed by atoms with Crippen molar-refractivity contribution in [3.63, 3.8) is 0 Å². The van der Waals surface area contributed by atoms with Crippen LogP contribution in [0.15, 0.2) is 47.4 Å². The number of benzene rings is 2. The molecule has 0 aliphatic carbocycles. The van der Waals surface area contributed by atoms with Gasteiger partial charge in [0, 0.05) is 11.1 Å². The van der Waals surface area contributed by atoms with Crippen LogP contribution in [0.5, 0.6) is 11.5 Å². The number of ether oxygens (including phenoxy) is 1. The number of rotatable bonds is 6. The second-order valence-corrected chi connectivity index (χ2v) is 6.26. The Morgan fingerprint density at radius 1 is 1.13 bits per heavy atom. The van der Waals surface area contributed by atoms with Gasteiger partial charge in [0.05, 0.1) is 11.5 Å². The van der Waals surface area contributed by atoms with Crippen molar-refractivity contribution >= 4 is 27.4 Å². The highest BCUT2D eigenvalue weighted by molar-refractivity contribution is 7.87. The van der Waals surface area contributed by atoms with Crippen LogP contribution in [0.2, 0.25) is 5.02 Å². The first kappa shape index (κ1) is 17.0. The summed E-state index contributed by atoms with van der Waals surface area (Å²) in [7, 11) is -4.37. The molecule has 0 aliphatic heterocycles. The van der Waals surface area contributed by atoms with Crippen LogP contribution in [0.25, 0.3) is 0 Å². The molecule has 0 amide bonds. The summed E-state index contributed by atoms with van der Waals surface area (Å²) < 4.78 is 34.6. The Labute approximate surface area is 137 Å². The van der Waals surface area contributed by atoms with Crippen molar-refractivity contribution in [1.82, 2.24) is 0 Å². The molecule has 0 fully saturated rings. The Kier molecular flexibility index (Phi) is 5.07. The highest BCUT2D eigenvalue weighted by Crippen LogP contribution is 2.30. The maximum atomic E-state index is 12.2. The van der Waals surface area contributed by atoms with Crippen LogP contribution < -0.4 is 8.92 Å². The van der Waals surface area contributed by atoms with Crippen LogP contribution in [0.3, 0.4) is 0 Å². The van der Waals surface area contributed by atoms with E-state index in [-0.39, 0.29) is 10.8 Å². The van der Waals surface area contributed by atoms with Gasteiger partial charge >= 0.3 is 10.1 Å². The average Bonchev–Trinajstić information content (AvgIpc) is 2.49. The van der Waals surface area contributed by atoms with Gasteiger partial charge in [-0.25, -0.2) is 0 Å². The molecule has 0 radical (unpaired) electrons. The number of nitro groups is 1. The standard InChI is InChI=1S/C14H12ClNO6S/c1-2-21-11-4-6-12(7-5-11)22-23(19,20)14-8-3-10(15)9-13(14)16(17)18/h3-9H,2H2,1H3. The molecule has 0 heterocycles. The molecule has 0 unspecified atom stereocenters. The number of halogens is 1. The van der Waals surface area contributed by atoms with Gasteiger partial charge in [-0.05, 0) is 43.3 Å². The molecule has 23 heavy (non-hydrogen) atoms. The third-order valence-corrected chi connectivity index (χ3v) is 4.26. The minimum Gasteiger partial charge on any atom is -0.494 e. The van der Waals surface area contributed by atoms with Crippen LogP contribution >= 0.6 is 11.6 Å². The minimum absolute atomic E-state index is 0.0118. The average molecular weight is 358 g/mol. The molecule has 9 heteroatoms. The molecule has 0 aliphatic rings. The summed E-state index contributed by atoms with van der Waals surface area (Å²) in [4.78, 5) is 9.60. The second-order valence-electron chi connectivity index (χ2n) is 4.31. The minimum atomic E-state index is -4.37. The molecule has 0 bridgehead atoms. The molecule has 7 nitrogen and oxygen atoms in total. The van der Waals surface area contributed by atoms with Crippen LogP contribution in [0.1, 0.15) is 6.92 Å². The number of nitrogens with zero attached hydrogens (tertiary/aromatic N) is 1. The van der Waals surface area contributed by atoms with Crippen molar-refractivity contribution in [2.45, 2.75) is 11.8 Å². The van der Waals surface area contributed by atoms with Gasteiger partial charge in [0.2, 0.25) is 0 Å². The Morgan fingerprint density at radius 2 is 1.74 bits per heavy atom. The lowest BCUT2D eigenvalue weighted by molar-refractivity contribution is -0.387. The van der Waals surface area contributed by atoms with Crippen molar-refractivity contribution in [3.05, 3.63) is 57.6 Å². The van der Waals surface area contributed by atoms with E-state index in [0.29, 0.717) is 12.4 Å². The maximum Gasteiger partial charge on any atom is 0.346 e. The molecule has 0 saturated heterocycles. The molecule has 2 rings (SSSR count). The largest absolute Gasteiger partial charge is 0.494 e. The molecule has 2 aromatic carbocycles. The predicted octanol–water partition coefficient (Wildman–Crippen LogP) is 3.41. The fourth-order valence-electron chi connectivity index (χ4n) is 1.77. The van der Waals surface area contributed by atoms with Gasteiger partial charge in [0.25, 0.3) is 5.69 Å². The van der Waals surface area contributed by atoms with Gasteiger partial charge in [-0.1, -0.05) is 11.6 Å². The Morgan fingerprint density at radius 3 is 2.30 bits per heavy atom. The smallest absolute Gasteiger partial charge is 0.346 e. The quantitative estimate of drug-likeness (QED) is 0.446. The van der Waals surface area contributed by atoms with Gasteiger partial charge in [-0.3, -0.25) is 10.1 Å². The van der Waals surface area contributed by atoms with Crippen molar-refractivity contribution in [1.29, 1.82) is 0 Å². The summed E-state index contributed by atoms with van der Waals surface area (Å²) in [6.45, 7) is 2.28. The SMILES string of the molecule is CCOc1ccc(OS(=O)(=O)c2ccc(Cl)cc2[N+](=O)[O-])cc1. The second kappa shape index (κ2) is 6.84. The van der Waals surface area contributed by atoms with E-state index in [4.69, 9.17) is 20.5 Å². The number of hydrogen-bond donors (Lipinski definition) is 0. The zero-order chi connectivity index (χ0) is 17.0. The van der Waals surface area contributed by atoms with E-state index in [1.807, 2.05) is 6.92 Å². The van der Waals surface area contributed by atoms with E-state index in [9.17, 15) is 18.5 Å². The third-order valence-electron chi connectivity index (χ3n) is 2.73. The van der Waals surface area contributed by atoms with Gasteiger partial charge < -0.3 is 8.92 Å². The Bertz CT molecular complexity index is 820. The predicted molar refractivity (Wildman–Crippen MR) is 83.5 cm³/mol. The molecular weight excluding hydrogens is 346 g/mol. The summed E-state index contributed by atoms with van der Waals surface area (Å²) in [6.07, 6.45) is 0. The normalized spacial score (nSPS) is 11.0. The van der Waals surface area contributed by atoms with Crippen LogP contribution in [-0.2, 0) is 10.1 Å². The van der Waals surface area contributed by atoms with Crippen LogP contribution in [0.4, 0.5) is 5.69 Å². The van der Waals surface area contributed by atoms with Crippen molar-refractivity contribution in [2.75, 3.05) is 6.61 Å². The van der Waals surface area contributed by atoms with E-state index in [1.165, 1.54) is 30.3 Å². The lowest BCUT2D eigenvalue weighted by atomic mass is 10.3. The summed E-state index contributed by atoms with van der Waals surface area (Å²) in [5, 5.41) is 11.1. The van der Waals surface area contributed by atoms with Gasteiger partial charge in [-0.2, -0.15) is 8.42 Å². The molecule has 0 atom stereocenters. The molecule has 0 N–H and O–H groups in total. The number of nitro benzene ring substituents is 1. The molecular formula is C14H12ClNO6S. The van der Waals surface area contributed by atoms with Crippen LogP contribution in [0, 0.1) is 10.1 Å². The first-order valence-corrected chi connectivity index (χ1v) is 8.23. The lowest BCUT2D eigenvalue weighted by Gasteiger charge is -2.08. The highest BCUT2D eigenvalue weighted by atomic mass is 35.5. The van der Waals surface area contributed by atoms with E-state index >= 15 is 0 Å². The van der Waals surface area contributed by atoms with E-state index in [1.54, 1.807) is 0 Å².